The number of alkyl carbamates (subject to hydrolysis) is 4. The molecule has 0 atom stereocenters. The fraction of sp³-hybridized carbons (Fsp3) is 0.750. The molecule has 0 spiro atoms. The van der Waals surface area contributed by atoms with Gasteiger partial charge in [-0.15, -0.1) is 0 Å². The molecule has 0 unspecified atom stereocenters. The third-order valence-electron chi connectivity index (χ3n) is 3.57. The first kappa shape index (κ1) is 33.7. The van der Waals surface area contributed by atoms with Crippen LogP contribution in [0.15, 0.2) is 0 Å². The number of amides is 4. The van der Waals surface area contributed by atoms with Crippen LogP contribution in [0.25, 0.3) is 0 Å². The molecule has 4 amide bonds. The highest BCUT2D eigenvalue weighted by molar-refractivity contribution is 5.69. The van der Waals surface area contributed by atoms with Crippen LogP contribution in [0.3, 0.4) is 0 Å². The highest BCUT2D eigenvalue weighted by Gasteiger charge is 2.16. The van der Waals surface area contributed by atoms with Crippen molar-refractivity contribution in [2.24, 2.45) is 0 Å². The van der Waals surface area contributed by atoms with Crippen molar-refractivity contribution < 1.29 is 52.8 Å². The van der Waals surface area contributed by atoms with Crippen LogP contribution < -0.4 is 21.3 Å². The lowest BCUT2D eigenvalue weighted by Crippen LogP contribution is -2.38. The van der Waals surface area contributed by atoms with Crippen molar-refractivity contribution in [3.05, 3.63) is 0 Å². The summed E-state index contributed by atoms with van der Waals surface area (Å²) in [5, 5.41) is 18.3. The summed E-state index contributed by atoms with van der Waals surface area (Å²) in [6.07, 6.45) is -3.56. The maximum absolute atomic E-state index is 11.8. The van der Waals surface area contributed by atoms with Gasteiger partial charge in [-0.05, 0) is 20.3 Å². The van der Waals surface area contributed by atoms with Crippen molar-refractivity contribution in [3.63, 3.8) is 0 Å². The van der Waals surface area contributed by atoms with Crippen molar-refractivity contribution in [2.75, 3.05) is 59.2 Å². The van der Waals surface area contributed by atoms with E-state index in [0.717, 1.165) is 0 Å². The van der Waals surface area contributed by atoms with Crippen molar-refractivity contribution in [1.29, 1.82) is 0 Å². The molecule has 35 heavy (non-hydrogen) atoms. The van der Waals surface area contributed by atoms with Crippen molar-refractivity contribution in [2.45, 2.75) is 40.2 Å². The standard InChI is InChI=1S/C19H34N4O11.CH4/c1-3-30-16(26)20-7-9-22-18(28)33-12-14(32-11-5-6-15(24)25)13-34-19(29)23-10-8-21-17(27)31-4-2;/h14H,3-13H2,1-2H3,(H,20,26)(H,21,27)(H,22,28)(H,23,29)(H,24,25);1H4. The van der Waals surface area contributed by atoms with Crippen molar-refractivity contribution >= 4 is 30.3 Å². The Morgan fingerprint density at radius 3 is 1.40 bits per heavy atom. The largest absolute Gasteiger partial charge is 0.481 e. The van der Waals surface area contributed by atoms with Gasteiger partial charge in [-0.1, -0.05) is 7.43 Å². The Morgan fingerprint density at radius 1 is 0.686 bits per heavy atom. The summed E-state index contributed by atoms with van der Waals surface area (Å²) >= 11 is 0. The van der Waals surface area contributed by atoms with Crippen LogP contribution in [0, 0.1) is 0 Å². The summed E-state index contributed by atoms with van der Waals surface area (Å²) in [6.45, 7) is 3.66. The molecule has 204 valence electrons. The second kappa shape index (κ2) is 22.3. The molecule has 0 aliphatic rings. The molecular weight excluding hydrogens is 472 g/mol. The van der Waals surface area contributed by atoms with Gasteiger partial charge in [0.2, 0.25) is 0 Å². The van der Waals surface area contributed by atoms with E-state index in [1.54, 1.807) is 13.8 Å². The monoisotopic (exact) mass is 510 g/mol. The zero-order valence-corrected chi connectivity index (χ0v) is 19.4. The SMILES string of the molecule is C.CCOC(=O)NCCNC(=O)OCC(COC(=O)NCCNC(=O)OCC)OCCCC(=O)O. The molecule has 0 aromatic rings. The summed E-state index contributed by atoms with van der Waals surface area (Å²) in [7, 11) is 0. The first-order chi connectivity index (χ1) is 16.3. The topological polar surface area (TPSA) is 200 Å². The van der Waals surface area contributed by atoms with E-state index in [2.05, 4.69) is 30.7 Å². The van der Waals surface area contributed by atoms with Crippen LogP contribution in [-0.2, 0) is 28.5 Å². The van der Waals surface area contributed by atoms with E-state index >= 15 is 0 Å². The van der Waals surface area contributed by atoms with Crippen LogP contribution in [-0.4, -0.2) is 101 Å². The number of carboxylic acids is 1. The number of hydrogen-bond acceptors (Lipinski definition) is 10. The molecule has 0 radical (unpaired) electrons. The summed E-state index contributed by atoms with van der Waals surface area (Å²) in [4.78, 5) is 56.4. The molecule has 0 bridgehead atoms. The third-order valence-corrected chi connectivity index (χ3v) is 3.57. The molecule has 0 saturated heterocycles. The van der Waals surface area contributed by atoms with Crippen LogP contribution in [0.4, 0.5) is 19.2 Å². The lowest BCUT2D eigenvalue weighted by molar-refractivity contribution is -0.137. The van der Waals surface area contributed by atoms with E-state index in [0.29, 0.717) is 0 Å². The molecule has 0 aromatic heterocycles. The molecule has 0 heterocycles. The first-order valence-corrected chi connectivity index (χ1v) is 10.7. The predicted molar refractivity (Wildman–Crippen MR) is 122 cm³/mol. The van der Waals surface area contributed by atoms with E-state index < -0.39 is 36.4 Å². The zero-order valence-electron chi connectivity index (χ0n) is 19.4. The molecule has 15 heteroatoms. The molecule has 0 aliphatic carbocycles. The summed E-state index contributed by atoms with van der Waals surface area (Å²) in [5.74, 6) is -0.987. The van der Waals surface area contributed by atoms with Gasteiger partial charge in [0, 0.05) is 39.2 Å². The molecule has 0 rings (SSSR count). The summed E-state index contributed by atoms with van der Waals surface area (Å²) in [6, 6.07) is 0. The first-order valence-electron chi connectivity index (χ1n) is 10.7. The highest BCUT2D eigenvalue weighted by Crippen LogP contribution is 2.00. The number of carbonyl (C=O) groups is 5. The maximum Gasteiger partial charge on any atom is 0.407 e. The number of hydrogen-bond donors (Lipinski definition) is 5. The smallest absolute Gasteiger partial charge is 0.407 e. The second-order valence-corrected chi connectivity index (χ2v) is 6.34. The number of nitrogens with one attached hydrogen (secondary N) is 4. The molecule has 0 aromatic carbocycles. The predicted octanol–water partition coefficient (Wildman–Crippen LogP) is 0.817. The minimum atomic E-state index is -0.987. The summed E-state index contributed by atoms with van der Waals surface area (Å²) < 4.78 is 24.8. The zero-order chi connectivity index (χ0) is 25.6. The molecule has 0 saturated carbocycles. The van der Waals surface area contributed by atoms with Gasteiger partial charge >= 0.3 is 30.3 Å². The molecule has 15 nitrogen and oxygen atoms in total. The highest BCUT2D eigenvalue weighted by atomic mass is 16.6. The normalized spacial score (nSPS) is 9.80. The maximum atomic E-state index is 11.8. The van der Waals surface area contributed by atoms with Gasteiger partial charge < -0.3 is 50.1 Å². The van der Waals surface area contributed by atoms with E-state index in [-0.39, 0.29) is 79.5 Å². The van der Waals surface area contributed by atoms with Gasteiger partial charge in [0.25, 0.3) is 0 Å². The quantitative estimate of drug-likeness (QED) is 0.137. The van der Waals surface area contributed by atoms with Crippen molar-refractivity contribution in [3.8, 4) is 0 Å². The molecule has 5 N–H and O–H groups in total. The van der Waals surface area contributed by atoms with Crippen LogP contribution in [0.1, 0.15) is 34.1 Å². The second-order valence-electron chi connectivity index (χ2n) is 6.34. The molecule has 0 fully saturated rings. The Morgan fingerprint density at radius 2 is 1.06 bits per heavy atom. The Kier molecular flexibility index (Phi) is 21.5. The van der Waals surface area contributed by atoms with Crippen LogP contribution >= 0.6 is 0 Å². The number of rotatable bonds is 17. The van der Waals surface area contributed by atoms with E-state index in [1.165, 1.54) is 0 Å². The lowest BCUT2D eigenvalue weighted by Gasteiger charge is -2.18. The van der Waals surface area contributed by atoms with E-state index in [4.69, 9.17) is 19.3 Å². The van der Waals surface area contributed by atoms with Gasteiger partial charge in [-0.3, -0.25) is 4.79 Å². The van der Waals surface area contributed by atoms with Crippen LogP contribution in [0.2, 0.25) is 0 Å². The fourth-order valence-corrected chi connectivity index (χ4v) is 2.08. The lowest BCUT2D eigenvalue weighted by atomic mass is 10.3. The Balaban J connectivity index is 0. The average molecular weight is 511 g/mol. The van der Waals surface area contributed by atoms with Gasteiger partial charge in [0.05, 0.1) is 13.2 Å². The average Bonchev–Trinajstić information content (AvgIpc) is 2.78. The Bertz CT molecular complexity index is 592. The van der Waals surface area contributed by atoms with Crippen molar-refractivity contribution in [1.82, 2.24) is 21.3 Å². The number of ether oxygens (including phenoxy) is 5. The third kappa shape index (κ3) is 22.1. The number of carboxylic acid groups (broad SMARTS) is 1. The van der Waals surface area contributed by atoms with Gasteiger partial charge in [-0.25, -0.2) is 19.2 Å². The van der Waals surface area contributed by atoms with Gasteiger partial charge in [-0.2, -0.15) is 0 Å². The minimum absolute atomic E-state index is 0. The van der Waals surface area contributed by atoms with E-state index in [9.17, 15) is 24.0 Å². The Labute approximate surface area is 204 Å². The molecule has 0 aliphatic heterocycles. The Hall–Kier alpha value is -3.49. The summed E-state index contributed by atoms with van der Waals surface area (Å²) in [5.41, 5.74) is 0. The number of aliphatic carboxylic acids is 1. The van der Waals surface area contributed by atoms with Crippen LogP contribution in [0.5, 0.6) is 0 Å². The van der Waals surface area contributed by atoms with E-state index in [1.807, 2.05) is 0 Å². The van der Waals surface area contributed by atoms with Gasteiger partial charge in [0.1, 0.15) is 19.3 Å². The number of carbonyl (C=O) groups excluding carboxylic acids is 4. The fourth-order valence-electron chi connectivity index (χ4n) is 2.08. The van der Waals surface area contributed by atoms with Gasteiger partial charge in [0.15, 0.2) is 0 Å². The molecular formula is C20H38N4O11. The minimum Gasteiger partial charge on any atom is -0.481 e.